The van der Waals surface area contributed by atoms with E-state index in [4.69, 9.17) is 0 Å². The average molecular weight is 289 g/mol. The zero-order valence-corrected chi connectivity index (χ0v) is 13.0. The highest BCUT2D eigenvalue weighted by Gasteiger charge is 2.00. The van der Waals surface area contributed by atoms with Crippen LogP contribution in [0.5, 0.6) is 0 Å². The van der Waals surface area contributed by atoms with Crippen molar-refractivity contribution in [3.05, 3.63) is 65.9 Å². The first-order chi connectivity index (χ1) is 9.15. The van der Waals surface area contributed by atoms with E-state index in [2.05, 4.69) is 91.6 Å². The van der Waals surface area contributed by atoms with Crippen molar-refractivity contribution < 1.29 is 17.0 Å². The maximum Gasteiger partial charge on any atom is 0.175 e. The summed E-state index contributed by atoms with van der Waals surface area (Å²) in [5, 5.41) is 0. The van der Waals surface area contributed by atoms with Crippen molar-refractivity contribution in [2.24, 2.45) is 0 Å². The average Bonchev–Trinajstić information content (AvgIpc) is 2.40. The van der Waals surface area contributed by atoms with Crippen molar-refractivity contribution in [3.63, 3.8) is 0 Å². The second-order valence-corrected chi connectivity index (χ2v) is 4.95. The monoisotopic (exact) mass is 288 g/mol. The Kier molecular flexibility index (Phi) is 6.26. The number of anilines is 1. The van der Waals surface area contributed by atoms with E-state index in [9.17, 15) is 0 Å². The van der Waals surface area contributed by atoms with Gasteiger partial charge < -0.3 is 17.3 Å². The first-order valence-electron chi connectivity index (χ1n) is 6.54. The van der Waals surface area contributed by atoms with Gasteiger partial charge >= 0.3 is 0 Å². The molecule has 0 bridgehead atoms. The topological polar surface area (TPSA) is 6.25 Å². The van der Waals surface area contributed by atoms with E-state index >= 15 is 0 Å². The minimum atomic E-state index is 0. The lowest BCUT2D eigenvalue weighted by molar-refractivity contribution is -0.416. The molecule has 0 spiro atoms. The van der Waals surface area contributed by atoms with Crippen LogP contribution in [0.15, 0.2) is 60.3 Å². The van der Waals surface area contributed by atoms with Crippen LogP contribution in [0.4, 0.5) is 5.69 Å². The molecule has 0 aromatic heterocycles. The van der Waals surface area contributed by atoms with Crippen molar-refractivity contribution in [2.75, 3.05) is 26.0 Å². The molecule has 0 saturated carbocycles. The van der Waals surface area contributed by atoms with Crippen LogP contribution < -0.4 is 17.3 Å². The maximum atomic E-state index is 2.17. The molecule has 0 atom stereocenters. The van der Waals surface area contributed by atoms with E-state index < -0.39 is 0 Å². The van der Waals surface area contributed by atoms with Crippen molar-refractivity contribution >= 4 is 11.9 Å². The van der Waals surface area contributed by atoms with Gasteiger partial charge in [-0.25, -0.2) is 4.58 Å². The van der Waals surface area contributed by atoms with Gasteiger partial charge in [-0.3, -0.25) is 0 Å². The van der Waals surface area contributed by atoms with Gasteiger partial charge in [0.1, 0.15) is 7.05 Å². The van der Waals surface area contributed by atoms with Crippen LogP contribution in [-0.2, 0) is 0 Å². The molecule has 1 aliphatic rings. The molecular weight excluding hydrogens is 268 g/mol. The molecule has 0 N–H and O–H groups in total. The van der Waals surface area contributed by atoms with Crippen LogP contribution in [0.3, 0.4) is 0 Å². The molecule has 1 aromatic carbocycles. The third-order valence-electron chi connectivity index (χ3n) is 3.01. The molecule has 0 amide bonds. The van der Waals surface area contributed by atoms with Gasteiger partial charge in [0.2, 0.25) is 0 Å². The van der Waals surface area contributed by atoms with Gasteiger partial charge in [0.25, 0.3) is 0 Å². The van der Waals surface area contributed by atoms with Gasteiger partial charge in [-0.1, -0.05) is 24.3 Å². The molecule has 3 heteroatoms. The third kappa shape index (κ3) is 4.71. The molecule has 1 aromatic rings. The Balaban J connectivity index is 0.00000200. The predicted octanol–water partition coefficient (Wildman–Crippen LogP) is 0.218. The van der Waals surface area contributed by atoms with Crippen LogP contribution in [0.1, 0.15) is 12.0 Å². The number of rotatable bonds is 3. The lowest BCUT2D eigenvalue weighted by Crippen LogP contribution is -3.00. The second-order valence-electron chi connectivity index (χ2n) is 4.95. The van der Waals surface area contributed by atoms with Gasteiger partial charge in [-0.15, -0.1) is 0 Å². The minimum Gasteiger partial charge on any atom is -1.00 e. The zero-order valence-electron chi connectivity index (χ0n) is 12.3. The summed E-state index contributed by atoms with van der Waals surface area (Å²) >= 11 is 0. The van der Waals surface area contributed by atoms with E-state index in [1.807, 2.05) is 0 Å². The number of hydrogen-bond acceptors (Lipinski definition) is 1. The molecule has 2 rings (SSSR count). The number of hydrogen-bond donors (Lipinski definition) is 0. The van der Waals surface area contributed by atoms with E-state index in [1.54, 1.807) is 0 Å². The highest BCUT2D eigenvalue weighted by molar-refractivity contribution is 5.76. The maximum absolute atomic E-state index is 2.17. The molecule has 0 radical (unpaired) electrons. The summed E-state index contributed by atoms with van der Waals surface area (Å²) in [5.41, 5.74) is 3.65. The minimum absolute atomic E-state index is 0. The Morgan fingerprint density at radius 2 is 1.65 bits per heavy atom. The van der Waals surface area contributed by atoms with Crippen LogP contribution in [0.2, 0.25) is 0 Å². The highest BCUT2D eigenvalue weighted by Crippen LogP contribution is 2.11. The standard InChI is InChI=1S/C17H21N2.ClH/c1-18(2)17-11-9-16(10-12-17)14-19(3)13-15-7-5-4-6-8-15;/h5-14H,4H2,1-3H3;1H/q+1;/p-1. The van der Waals surface area contributed by atoms with Crippen LogP contribution >= 0.6 is 0 Å². The smallest absolute Gasteiger partial charge is 0.175 e. The van der Waals surface area contributed by atoms with Crippen molar-refractivity contribution in [3.8, 4) is 0 Å². The van der Waals surface area contributed by atoms with Crippen LogP contribution in [-0.4, -0.2) is 31.9 Å². The van der Waals surface area contributed by atoms with Gasteiger partial charge in [0, 0.05) is 30.9 Å². The molecule has 1 aliphatic carbocycles. The summed E-state index contributed by atoms with van der Waals surface area (Å²) in [6.45, 7) is 0. The van der Waals surface area contributed by atoms with Crippen molar-refractivity contribution in [1.82, 2.24) is 0 Å². The SMILES string of the molecule is CN(C)c1ccc(C=[N+](C)C=C2C=CCC=C2)cc1.[Cl-]. The van der Waals surface area contributed by atoms with Crippen LogP contribution in [0, 0.1) is 0 Å². The molecule has 0 heterocycles. The quantitative estimate of drug-likeness (QED) is 0.570. The summed E-state index contributed by atoms with van der Waals surface area (Å²) in [7, 11) is 6.16. The molecule has 0 aliphatic heterocycles. The van der Waals surface area contributed by atoms with Crippen molar-refractivity contribution in [1.29, 1.82) is 0 Å². The third-order valence-corrected chi connectivity index (χ3v) is 3.01. The highest BCUT2D eigenvalue weighted by atomic mass is 35.5. The van der Waals surface area contributed by atoms with E-state index in [0.29, 0.717) is 0 Å². The van der Waals surface area contributed by atoms with Gasteiger partial charge in [0.05, 0.1) is 0 Å². The molecule has 0 fully saturated rings. The van der Waals surface area contributed by atoms with Crippen molar-refractivity contribution in [2.45, 2.75) is 6.42 Å². The Morgan fingerprint density at radius 1 is 1.05 bits per heavy atom. The Hall–Kier alpha value is -1.80. The largest absolute Gasteiger partial charge is 1.00 e. The number of halogens is 1. The summed E-state index contributed by atoms with van der Waals surface area (Å²) in [6, 6.07) is 8.54. The van der Waals surface area contributed by atoms with E-state index in [-0.39, 0.29) is 12.4 Å². The van der Waals surface area contributed by atoms with Gasteiger partial charge in [-0.2, -0.15) is 0 Å². The predicted molar refractivity (Wildman–Crippen MR) is 83.1 cm³/mol. The van der Waals surface area contributed by atoms with Crippen LogP contribution in [0.25, 0.3) is 0 Å². The molecule has 0 unspecified atom stereocenters. The fraction of sp³-hybridized carbons (Fsp3) is 0.235. The second kappa shape index (κ2) is 7.71. The zero-order chi connectivity index (χ0) is 13.7. The Bertz CT molecular complexity index is 535. The molecule has 20 heavy (non-hydrogen) atoms. The summed E-state index contributed by atoms with van der Waals surface area (Å²) in [4.78, 5) is 2.10. The fourth-order valence-corrected chi connectivity index (χ4v) is 1.99. The van der Waals surface area contributed by atoms with Gasteiger partial charge in [-0.05, 0) is 30.7 Å². The normalized spacial score (nSPS) is 13.9. The molecule has 2 nitrogen and oxygen atoms in total. The summed E-state index contributed by atoms with van der Waals surface area (Å²) in [6.07, 6.45) is 13.9. The first-order valence-corrected chi connectivity index (χ1v) is 6.54. The number of allylic oxidation sites excluding steroid dienone is 5. The molecule has 106 valence electrons. The first kappa shape index (κ1) is 16.3. The summed E-state index contributed by atoms with van der Waals surface area (Å²) < 4.78 is 2.10. The number of benzene rings is 1. The fourth-order valence-electron chi connectivity index (χ4n) is 1.99. The Labute approximate surface area is 127 Å². The van der Waals surface area contributed by atoms with Gasteiger partial charge in [0.15, 0.2) is 12.4 Å². The lowest BCUT2D eigenvalue weighted by Gasteiger charge is -2.11. The van der Waals surface area contributed by atoms with E-state index in [1.165, 1.54) is 16.8 Å². The summed E-state index contributed by atoms with van der Waals surface area (Å²) in [5.74, 6) is 0. The Morgan fingerprint density at radius 3 is 2.20 bits per heavy atom. The lowest BCUT2D eigenvalue weighted by atomic mass is 10.1. The number of nitrogens with zero attached hydrogens (tertiary/aromatic N) is 2. The van der Waals surface area contributed by atoms with E-state index in [0.717, 1.165) is 6.42 Å². The molecular formula is C17H21ClN2. The molecule has 0 saturated heterocycles.